The van der Waals surface area contributed by atoms with Crippen LogP contribution in [-0.4, -0.2) is 56.8 Å². The molecule has 3 rings (SSSR count). The molecule has 11 nitrogen and oxygen atoms in total. The first-order valence-electron chi connectivity index (χ1n) is 8.47. The number of methoxy groups -OCH3 is 2. The van der Waals surface area contributed by atoms with Crippen LogP contribution in [0.3, 0.4) is 0 Å². The molecule has 2 heterocycles. The van der Waals surface area contributed by atoms with Gasteiger partial charge in [-0.3, -0.25) is 4.79 Å². The molecule has 0 aliphatic carbocycles. The first-order chi connectivity index (χ1) is 14.2. The highest BCUT2D eigenvalue weighted by atomic mass is 19.1. The number of ether oxygens (including phenoxy) is 2. The van der Waals surface area contributed by atoms with Crippen LogP contribution in [0.2, 0.25) is 0 Å². The maximum atomic E-state index is 14.9. The monoisotopic (exact) mass is 418 g/mol. The van der Waals surface area contributed by atoms with E-state index >= 15 is 0 Å². The molecule has 30 heavy (non-hydrogen) atoms. The number of carbonyl (C=O) groups is 3. The third kappa shape index (κ3) is 3.17. The summed E-state index contributed by atoms with van der Waals surface area (Å²) in [5.74, 6) is -4.45. The summed E-state index contributed by atoms with van der Waals surface area (Å²) in [4.78, 5) is 47.9. The van der Waals surface area contributed by atoms with E-state index in [-0.39, 0.29) is 23.1 Å². The van der Waals surface area contributed by atoms with Crippen molar-refractivity contribution in [3.63, 3.8) is 0 Å². The summed E-state index contributed by atoms with van der Waals surface area (Å²) in [5.41, 5.74) is -2.46. The number of pyridine rings is 1. The van der Waals surface area contributed by atoms with Crippen LogP contribution < -0.4 is 5.43 Å². The Kier molecular flexibility index (Phi) is 5.32. The number of hydrogen-bond acceptors (Lipinski definition) is 8. The number of aryl methyl sites for hydroxylation is 1. The molecule has 0 fully saturated rings. The molecule has 0 saturated carbocycles. The van der Waals surface area contributed by atoms with Crippen molar-refractivity contribution >= 4 is 28.8 Å². The van der Waals surface area contributed by atoms with E-state index in [0.717, 1.165) is 31.2 Å². The zero-order chi connectivity index (χ0) is 22.2. The van der Waals surface area contributed by atoms with Gasteiger partial charge in [0.2, 0.25) is 11.1 Å². The molecular formula is C18H15FN4O7. The molecule has 0 atom stereocenters. The molecule has 0 aliphatic rings. The first-order valence-corrected chi connectivity index (χ1v) is 8.47. The second kappa shape index (κ2) is 7.73. The van der Waals surface area contributed by atoms with Crippen LogP contribution in [0.4, 0.5) is 4.39 Å². The van der Waals surface area contributed by atoms with E-state index in [4.69, 9.17) is 0 Å². The van der Waals surface area contributed by atoms with Gasteiger partial charge in [0, 0.05) is 18.1 Å². The van der Waals surface area contributed by atoms with E-state index in [1.807, 2.05) is 0 Å². The summed E-state index contributed by atoms with van der Waals surface area (Å²) in [6.45, 7) is 1.96. The number of aromatic nitrogens is 4. The molecule has 0 amide bonds. The van der Waals surface area contributed by atoms with Gasteiger partial charge in [0.1, 0.15) is 17.1 Å². The van der Waals surface area contributed by atoms with Gasteiger partial charge in [0.25, 0.3) is 0 Å². The predicted octanol–water partition coefficient (Wildman–Crippen LogP) is 1.01. The van der Waals surface area contributed by atoms with Crippen molar-refractivity contribution in [2.45, 2.75) is 13.5 Å². The third-order valence-electron chi connectivity index (χ3n) is 4.38. The Morgan fingerprint density at radius 2 is 1.83 bits per heavy atom. The summed E-state index contributed by atoms with van der Waals surface area (Å²) in [7, 11) is 2.12. The zero-order valence-electron chi connectivity index (χ0n) is 16.0. The van der Waals surface area contributed by atoms with Crippen LogP contribution in [0.25, 0.3) is 16.6 Å². The van der Waals surface area contributed by atoms with Gasteiger partial charge in [-0.1, -0.05) is 5.21 Å². The van der Waals surface area contributed by atoms with Crippen molar-refractivity contribution in [1.82, 2.24) is 19.6 Å². The van der Waals surface area contributed by atoms with E-state index in [1.54, 1.807) is 6.92 Å². The molecule has 2 aromatic heterocycles. The van der Waals surface area contributed by atoms with E-state index in [0.29, 0.717) is 0 Å². The molecule has 0 radical (unpaired) electrons. The van der Waals surface area contributed by atoms with E-state index < -0.39 is 46.1 Å². The Balaban J connectivity index is 2.37. The lowest BCUT2D eigenvalue weighted by Gasteiger charge is -2.13. The minimum atomic E-state index is -1.44. The van der Waals surface area contributed by atoms with Crippen LogP contribution in [0, 0.1) is 5.82 Å². The zero-order valence-corrected chi connectivity index (χ0v) is 16.0. The molecule has 0 aliphatic heterocycles. The van der Waals surface area contributed by atoms with Crippen molar-refractivity contribution in [2.75, 3.05) is 14.2 Å². The highest BCUT2D eigenvalue weighted by molar-refractivity contribution is 6.01. The topological polar surface area (TPSA) is 143 Å². The summed E-state index contributed by atoms with van der Waals surface area (Å²) in [5, 5.41) is 16.3. The van der Waals surface area contributed by atoms with Gasteiger partial charge in [0.05, 0.1) is 19.7 Å². The number of aromatic carboxylic acids is 1. The van der Waals surface area contributed by atoms with Gasteiger partial charge in [-0.05, 0) is 19.1 Å². The fourth-order valence-corrected chi connectivity index (χ4v) is 2.94. The van der Waals surface area contributed by atoms with Crippen molar-refractivity contribution in [3.8, 4) is 5.69 Å². The van der Waals surface area contributed by atoms with Crippen LogP contribution in [0.1, 0.15) is 38.3 Å². The third-order valence-corrected chi connectivity index (χ3v) is 4.38. The Bertz CT molecular complexity index is 1260. The summed E-state index contributed by atoms with van der Waals surface area (Å²) in [6.07, 6.45) is 1.14. The van der Waals surface area contributed by atoms with Crippen molar-refractivity contribution < 1.29 is 33.4 Å². The van der Waals surface area contributed by atoms with Crippen LogP contribution in [-0.2, 0) is 16.0 Å². The number of carboxylic acids is 1. The quantitative estimate of drug-likeness (QED) is 0.601. The number of fused-ring (bicyclic) bond motifs is 1. The lowest BCUT2D eigenvalue weighted by Crippen LogP contribution is -2.20. The molecule has 0 spiro atoms. The number of nitrogens with zero attached hydrogens (tertiary/aromatic N) is 4. The number of esters is 2. The Labute approximate surface area is 167 Å². The molecule has 1 aromatic carbocycles. The Hall–Kier alpha value is -4.09. The second-order valence-corrected chi connectivity index (χ2v) is 5.97. The van der Waals surface area contributed by atoms with Crippen LogP contribution >= 0.6 is 0 Å². The smallest absolute Gasteiger partial charge is 0.361 e. The lowest BCUT2D eigenvalue weighted by atomic mass is 10.1. The SMILES string of the molecule is CCn1cc(C(=O)O)c(=O)c2cc(F)c(-n3nnc(C(=O)OC)c3C(=O)OC)cc21. The molecule has 1 N–H and O–H groups in total. The fraction of sp³-hybridized carbons (Fsp3) is 0.222. The molecule has 156 valence electrons. The van der Waals surface area contributed by atoms with Gasteiger partial charge in [-0.15, -0.1) is 5.10 Å². The predicted molar refractivity (Wildman–Crippen MR) is 98.4 cm³/mol. The van der Waals surface area contributed by atoms with Gasteiger partial charge in [-0.2, -0.15) is 0 Å². The summed E-state index contributed by atoms with van der Waals surface area (Å²) in [6, 6.07) is 2.04. The molecule has 3 aromatic rings. The summed E-state index contributed by atoms with van der Waals surface area (Å²) < 4.78 is 26.3. The molecule has 0 bridgehead atoms. The van der Waals surface area contributed by atoms with Crippen molar-refractivity contribution in [1.29, 1.82) is 0 Å². The highest BCUT2D eigenvalue weighted by Gasteiger charge is 2.29. The summed E-state index contributed by atoms with van der Waals surface area (Å²) >= 11 is 0. The largest absolute Gasteiger partial charge is 0.477 e. The van der Waals surface area contributed by atoms with E-state index in [9.17, 15) is 28.7 Å². The first kappa shape index (κ1) is 20.6. The number of hydrogen-bond donors (Lipinski definition) is 1. The molecular weight excluding hydrogens is 403 g/mol. The number of rotatable bonds is 5. The molecule has 12 heteroatoms. The number of benzene rings is 1. The lowest BCUT2D eigenvalue weighted by molar-refractivity contribution is 0.0545. The van der Waals surface area contributed by atoms with Gasteiger partial charge in [-0.25, -0.2) is 23.5 Å². The van der Waals surface area contributed by atoms with E-state index in [1.165, 1.54) is 10.6 Å². The highest BCUT2D eigenvalue weighted by Crippen LogP contribution is 2.23. The second-order valence-electron chi connectivity index (χ2n) is 5.97. The van der Waals surface area contributed by atoms with Gasteiger partial charge >= 0.3 is 17.9 Å². The average Bonchev–Trinajstić information content (AvgIpc) is 3.17. The maximum absolute atomic E-state index is 14.9. The molecule has 0 unspecified atom stereocenters. The number of carbonyl (C=O) groups excluding carboxylic acids is 2. The van der Waals surface area contributed by atoms with Crippen LogP contribution in [0.15, 0.2) is 23.1 Å². The number of halogens is 1. The average molecular weight is 418 g/mol. The maximum Gasteiger partial charge on any atom is 0.361 e. The van der Waals surface area contributed by atoms with Crippen molar-refractivity contribution in [3.05, 3.63) is 51.3 Å². The van der Waals surface area contributed by atoms with Crippen molar-refractivity contribution in [2.24, 2.45) is 0 Å². The Morgan fingerprint density at radius 1 is 1.17 bits per heavy atom. The van der Waals surface area contributed by atoms with Gasteiger partial charge in [0.15, 0.2) is 5.69 Å². The minimum absolute atomic E-state index is 0.175. The normalized spacial score (nSPS) is 10.8. The van der Waals surface area contributed by atoms with Crippen LogP contribution in [0.5, 0.6) is 0 Å². The van der Waals surface area contributed by atoms with E-state index in [2.05, 4.69) is 19.8 Å². The fourth-order valence-electron chi connectivity index (χ4n) is 2.94. The molecule has 0 saturated heterocycles. The number of carboxylic acid groups (broad SMARTS) is 1. The van der Waals surface area contributed by atoms with Gasteiger partial charge < -0.3 is 19.1 Å². The Morgan fingerprint density at radius 3 is 2.40 bits per heavy atom. The minimum Gasteiger partial charge on any atom is -0.477 e. The standard InChI is InChI=1S/C18H15FN4O7/c1-4-22-7-9(16(25)26)15(24)8-5-10(19)12(6-11(8)22)23-14(18(28)30-3)13(20-21-23)17(27)29-2/h5-7H,4H2,1-3H3,(H,25,26).